The molecule has 0 aliphatic carbocycles. The van der Waals surface area contributed by atoms with Gasteiger partial charge in [-0.1, -0.05) is 12.1 Å². The van der Waals surface area contributed by atoms with Gasteiger partial charge in [-0.2, -0.15) is 13.5 Å². The number of anilines is 2. The standard InChI is InChI=1S/C10H10N4O4S/c11-7-3-1-2-4-8(7)14-19(17,18)9-6(10(15)16)5-12-13-9/h1-5,14H,11H2,(H,12,13)(H,15,16). The van der Waals surface area contributed by atoms with Gasteiger partial charge in [-0.05, 0) is 12.1 Å². The zero-order valence-corrected chi connectivity index (χ0v) is 10.3. The minimum atomic E-state index is -4.10. The number of carboxylic acid groups (broad SMARTS) is 1. The summed E-state index contributed by atoms with van der Waals surface area (Å²) in [6.07, 6.45) is 0.922. The van der Waals surface area contributed by atoms with Crippen molar-refractivity contribution in [3.8, 4) is 0 Å². The van der Waals surface area contributed by atoms with Crippen LogP contribution in [-0.4, -0.2) is 29.7 Å². The highest BCUT2D eigenvalue weighted by Crippen LogP contribution is 2.22. The minimum Gasteiger partial charge on any atom is -0.478 e. The van der Waals surface area contributed by atoms with Crippen LogP contribution in [0.1, 0.15) is 10.4 Å². The average Bonchev–Trinajstić information content (AvgIpc) is 2.82. The molecule has 0 saturated heterocycles. The fourth-order valence-corrected chi connectivity index (χ4v) is 2.60. The summed E-state index contributed by atoms with van der Waals surface area (Å²) >= 11 is 0. The van der Waals surface area contributed by atoms with E-state index in [1.54, 1.807) is 12.1 Å². The van der Waals surface area contributed by atoms with Gasteiger partial charge in [0.25, 0.3) is 10.0 Å². The molecule has 100 valence electrons. The second-order valence-corrected chi connectivity index (χ2v) is 5.23. The van der Waals surface area contributed by atoms with Crippen molar-refractivity contribution in [2.24, 2.45) is 0 Å². The van der Waals surface area contributed by atoms with Crippen molar-refractivity contribution in [1.29, 1.82) is 0 Å². The number of nitrogen functional groups attached to an aromatic ring is 1. The highest BCUT2D eigenvalue weighted by molar-refractivity contribution is 7.92. The van der Waals surface area contributed by atoms with Gasteiger partial charge in [0.2, 0.25) is 0 Å². The van der Waals surface area contributed by atoms with Crippen molar-refractivity contribution < 1.29 is 18.3 Å². The molecule has 0 aliphatic heterocycles. The summed E-state index contributed by atoms with van der Waals surface area (Å²) in [7, 11) is -4.10. The number of benzene rings is 1. The number of sulfonamides is 1. The summed E-state index contributed by atoms with van der Waals surface area (Å²) in [6.45, 7) is 0. The number of carboxylic acids is 1. The molecular formula is C10H10N4O4S. The van der Waals surface area contributed by atoms with Crippen LogP contribution in [0.15, 0.2) is 35.5 Å². The Morgan fingerprint density at radius 1 is 1.37 bits per heavy atom. The Bertz CT molecular complexity index is 723. The molecule has 0 radical (unpaired) electrons. The fourth-order valence-electron chi connectivity index (χ4n) is 1.42. The maximum atomic E-state index is 12.0. The van der Waals surface area contributed by atoms with Crippen molar-refractivity contribution in [2.75, 3.05) is 10.5 Å². The van der Waals surface area contributed by atoms with Crippen LogP contribution in [0.4, 0.5) is 11.4 Å². The third-order valence-corrected chi connectivity index (χ3v) is 3.65. The lowest BCUT2D eigenvalue weighted by molar-refractivity contribution is 0.0692. The molecule has 0 spiro atoms. The molecular weight excluding hydrogens is 272 g/mol. The number of nitrogens with two attached hydrogens (primary N) is 1. The highest BCUT2D eigenvalue weighted by atomic mass is 32.2. The molecule has 9 heteroatoms. The molecule has 0 fully saturated rings. The number of nitrogens with one attached hydrogen (secondary N) is 2. The summed E-state index contributed by atoms with van der Waals surface area (Å²) < 4.78 is 26.3. The van der Waals surface area contributed by atoms with Crippen LogP contribution >= 0.6 is 0 Å². The lowest BCUT2D eigenvalue weighted by Crippen LogP contribution is -2.17. The molecule has 1 heterocycles. The number of aromatic nitrogens is 2. The van der Waals surface area contributed by atoms with E-state index in [2.05, 4.69) is 14.9 Å². The molecule has 0 atom stereocenters. The van der Waals surface area contributed by atoms with Crippen molar-refractivity contribution >= 4 is 27.4 Å². The van der Waals surface area contributed by atoms with Gasteiger partial charge in [-0.25, -0.2) is 4.79 Å². The number of hydrogen-bond acceptors (Lipinski definition) is 5. The predicted molar refractivity (Wildman–Crippen MR) is 67.2 cm³/mol. The maximum absolute atomic E-state index is 12.0. The monoisotopic (exact) mass is 282 g/mol. The second-order valence-electron chi connectivity index (χ2n) is 3.61. The van der Waals surface area contributed by atoms with E-state index in [9.17, 15) is 13.2 Å². The van der Waals surface area contributed by atoms with E-state index in [0.29, 0.717) is 0 Å². The lowest BCUT2D eigenvalue weighted by atomic mass is 10.3. The molecule has 5 N–H and O–H groups in total. The van der Waals surface area contributed by atoms with Crippen LogP contribution < -0.4 is 10.5 Å². The van der Waals surface area contributed by atoms with Crippen molar-refractivity contribution in [3.63, 3.8) is 0 Å². The van der Waals surface area contributed by atoms with Gasteiger partial charge >= 0.3 is 5.97 Å². The Morgan fingerprint density at radius 3 is 2.68 bits per heavy atom. The summed E-state index contributed by atoms with van der Waals surface area (Å²) in [5, 5.41) is 13.9. The van der Waals surface area contributed by atoms with Crippen molar-refractivity contribution in [1.82, 2.24) is 10.2 Å². The first kappa shape index (κ1) is 12.9. The topological polar surface area (TPSA) is 138 Å². The highest BCUT2D eigenvalue weighted by Gasteiger charge is 2.25. The average molecular weight is 282 g/mol. The number of nitrogens with zero attached hydrogens (tertiary/aromatic N) is 1. The van der Waals surface area contributed by atoms with Crippen LogP contribution in [-0.2, 0) is 10.0 Å². The molecule has 0 bridgehead atoms. The largest absolute Gasteiger partial charge is 0.478 e. The van der Waals surface area contributed by atoms with Gasteiger partial charge in [0.15, 0.2) is 5.03 Å². The molecule has 0 saturated carbocycles. The van der Waals surface area contributed by atoms with Gasteiger partial charge in [-0.3, -0.25) is 9.82 Å². The fraction of sp³-hybridized carbons (Fsp3) is 0. The molecule has 0 unspecified atom stereocenters. The summed E-state index contributed by atoms with van der Waals surface area (Å²) in [5.41, 5.74) is 5.55. The molecule has 0 aliphatic rings. The van der Waals surface area contributed by atoms with E-state index in [4.69, 9.17) is 10.8 Å². The zero-order valence-electron chi connectivity index (χ0n) is 9.49. The second kappa shape index (κ2) is 4.61. The van der Waals surface area contributed by atoms with Crippen LogP contribution in [0.25, 0.3) is 0 Å². The van der Waals surface area contributed by atoms with Crippen LogP contribution in [0.2, 0.25) is 0 Å². The molecule has 19 heavy (non-hydrogen) atoms. The third kappa shape index (κ3) is 2.50. The first-order chi connectivity index (χ1) is 8.92. The normalized spacial score (nSPS) is 11.2. The number of aromatic amines is 1. The van der Waals surface area contributed by atoms with Crippen LogP contribution in [0.3, 0.4) is 0 Å². The number of carbonyl (C=O) groups is 1. The quantitative estimate of drug-likeness (QED) is 0.602. The van der Waals surface area contributed by atoms with Crippen LogP contribution in [0.5, 0.6) is 0 Å². The summed E-state index contributed by atoms with van der Waals surface area (Å²) in [6, 6.07) is 6.22. The number of rotatable bonds is 4. The Kier molecular flexibility index (Phi) is 3.13. The van der Waals surface area contributed by atoms with Gasteiger partial charge in [-0.15, -0.1) is 0 Å². The SMILES string of the molecule is Nc1ccccc1NS(=O)(=O)c1[nH]ncc1C(=O)O. The molecule has 1 aromatic heterocycles. The first-order valence-electron chi connectivity index (χ1n) is 5.06. The first-order valence-corrected chi connectivity index (χ1v) is 6.54. The Balaban J connectivity index is 2.41. The molecule has 8 nitrogen and oxygen atoms in total. The zero-order chi connectivity index (χ0) is 14.0. The molecule has 0 amide bonds. The van der Waals surface area contributed by atoms with Gasteiger partial charge < -0.3 is 10.8 Å². The van der Waals surface area contributed by atoms with Gasteiger partial charge in [0.1, 0.15) is 5.56 Å². The van der Waals surface area contributed by atoms with Gasteiger partial charge in [0, 0.05) is 0 Å². The minimum absolute atomic E-state index is 0.161. The predicted octanol–water partition coefficient (Wildman–Crippen LogP) is 0.491. The molecule has 2 aromatic rings. The maximum Gasteiger partial charge on any atom is 0.340 e. The number of para-hydroxylation sites is 2. The number of aromatic carboxylic acids is 1. The Morgan fingerprint density at radius 2 is 2.05 bits per heavy atom. The van der Waals surface area contributed by atoms with E-state index in [0.717, 1.165) is 6.20 Å². The Hall–Kier alpha value is -2.55. The van der Waals surface area contributed by atoms with E-state index >= 15 is 0 Å². The van der Waals surface area contributed by atoms with E-state index in [1.165, 1.54) is 12.1 Å². The molecule has 2 rings (SSSR count). The van der Waals surface area contributed by atoms with E-state index in [-0.39, 0.29) is 11.4 Å². The van der Waals surface area contributed by atoms with E-state index in [1.807, 2.05) is 0 Å². The Labute approximate surface area is 108 Å². The number of H-pyrrole nitrogens is 1. The lowest BCUT2D eigenvalue weighted by Gasteiger charge is -2.09. The number of hydrogen-bond donors (Lipinski definition) is 4. The van der Waals surface area contributed by atoms with Gasteiger partial charge in [0.05, 0.1) is 17.6 Å². The third-order valence-electron chi connectivity index (χ3n) is 2.31. The smallest absolute Gasteiger partial charge is 0.340 e. The van der Waals surface area contributed by atoms with E-state index < -0.39 is 26.6 Å². The molecule has 1 aromatic carbocycles. The van der Waals surface area contributed by atoms with Crippen molar-refractivity contribution in [2.45, 2.75) is 5.03 Å². The van der Waals surface area contributed by atoms with Crippen molar-refractivity contribution in [3.05, 3.63) is 36.0 Å². The summed E-state index contributed by atoms with van der Waals surface area (Å²) in [4.78, 5) is 10.9. The van der Waals surface area contributed by atoms with Crippen LogP contribution in [0, 0.1) is 0 Å². The summed E-state index contributed by atoms with van der Waals surface area (Å²) in [5.74, 6) is -1.39.